The monoisotopic (exact) mass is 379 g/mol. The highest BCUT2D eigenvalue weighted by Crippen LogP contribution is 2.20. The molecule has 1 saturated heterocycles. The van der Waals surface area contributed by atoms with Crippen LogP contribution in [0.25, 0.3) is 0 Å². The maximum atomic E-state index is 11.9. The summed E-state index contributed by atoms with van der Waals surface area (Å²) in [5, 5.41) is 7.04. The molecule has 2 N–H and O–H groups in total. The first-order valence-corrected chi connectivity index (χ1v) is 9.43. The molecule has 1 aromatic carbocycles. The van der Waals surface area contributed by atoms with Gasteiger partial charge in [0.25, 0.3) is 0 Å². The molecule has 1 heterocycles. The van der Waals surface area contributed by atoms with Gasteiger partial charge < -0.3 is 20.4 Å². The molecule has 0 radical (unpaired) electrons. The van der Waals surface area contributed by atoms with Crippen LogP contribution in [0.4, 0.5) is 5.69 Å². The number of piperazine rings is 1. The van der Waals surface area contributed by atoms with Gasteiger partial charge in [-0.3, -0.25) is 9.79 Å². The molecule has 1 amide bonds. The quantitative estimate of drug-likeness (QED) is 0.478. The third-order valence-corrected chi connectivity index (χ3v) is 4.57. The molecule has 0 saturated carbocycles. The minimum Gasteiger partial charge on any atom is -0.368 e. The number of hydrogen-bond acceptors (Lipinski definition) is 3. The average Bonchev–Trinajstić information content (AvgIpc) is 2.61. The van der Waals surface area contributed by atoms with Gasteiger partial charge in [-0.2, -0.15) is 0 Å². The van der Waals surface area contributed by atoms with Gasteiger partial charge in [0.1, 0.15) is 0 Å². The van der Waals surface area contributed by atoms with Crippen LogP contribution in [0, 0.1) is 5.41 Å². The van der Waals surface area contributed by atoms with Gasteiger partial charge in [0.05, 0.1) is 0 Å². The Hall–Kier alpha value is -1.95. The molecule has 1 fully saturated rings. The number of nitrogens with zero attached hydrogens (tertiary/aromatic N) is 3. The van der Waals surface area contributed by atoms with Gasteiger partial charge in [-0.05, 0) is 18.2 Å². The number of carbonyl (C=O) groups is 1. The smallest absolute Gasteiger partial charge is 0.225 e. The zero-order chi connectivity index (χ0) is 19.2. The Kier molecular flexibility index (Phi) is 7.14. The van der Waals surface area contributed by atoms with Crippen LogP contribution in [-0.2, 0) is 4.79 Å². The van der Waals surface area contributed by atoms with Crippen LogP contribution in [0.2, 0.25) is 5.02 Å². The predicted octanol–water partition coefficient (Wildman–Crippen LogP) is 2.20. The van der Waals surface area contributed by atoms with Crippen LogP contribution < -0.4 is 15.5 Å². The van der Waals surface area contributed by atoms with Crippen molar-refractivity contribution < 1.29 is 4.79 Å². The van der Waals surface area contributed by atoms with Crippen molar-refractivity contribution in [2.75, 3.05) is 51.2 Å². The molecule has 1 aromatic rings. The van der Waals surface area contributed by atoms with Gasteiger partial charge in [-0.1, -0.05) is 38.4 Å². The number of halogens is 1. The van der Waals surface area contributed by atoms with Crippen LogP contribution >= 0.6 is 11.6 Å². The van der Waals surface area contributed by atoms with E-state index in [0.717, 1.165) is 42.8 Å². The van der Waals surface area contributed by atoms with Gasteiger partial charge in [0.15, 0.2) is 5.96 Å². The second-order valence-electron chi connectivity index (χ2n) is 7.43. The lowest BCUT2D eigenvalue weighted by Gasteiger charge is -2.37. The minimum atomic E-state index is -0.363. The molecule has 6 nitrogen and oxygen atoms in total. The van der Waals surface area contributed by atoms with Crippen LogP contribution in [0.1, 0.15) is 20.8 Å². The predicted molar refractivity (Wildman–Crippen MR) is 109 cm³/mol. The van der Waals surface area contributed by atoms with Crippen LogP contribution in [0.3, 0.4) is 0 Å². The average molecular weight is 380 g/mol. The van der Waals surface area contributed by atoms with Crippen molar-refractivity contribution in [3.8, 4) is 0 Å². The van der Waals surface area contributed by atoms with Crippen LogP contribution in [0.15, 0.2) is 29.3 Å². The summed E-state index contributed by atoms with van der Waals surface area (Å²) in [5.41, 5.74) is 0.795. The minimum absolute atomic E-state index is 0.0597. The fourth-order valence-electron chi connectivity index (χ4n) is 2.80. The standard InChI is InChI=1S/C19H30ClN5O/c1-19(2,3)17(26)22-8-9-23-18(21-4)25-12-10-24(11-13-25)16-7-5-6-15(20)14-16/h5-7,14H,8-13H2,1-4H3,(H,21,23)(H,22,26). The highest BCUT2D eigenvalue weighted by atomic mass is 35.5. The van der Waals surface area contributed by atoms with Crippen LogP contribution in [-0.4, -0.2) is 63.1 Å². The van der Waals surface area contributed by atoms with Gasteiger partial charge >= 0.3 is 0 Å². The molecule has 144 valence electrons. The van der Waals surface area contributed by atoms with Gasteiger partial charge in [0.2, 0.25) is 5.91 Å². The van der Waals surface area contributed by atoms with E-state index in [-0.39, 0.29) is 11.3 Å². The second-order valence-corrected chi connectivity index (χ2v) is 7.87. The van der Waals surface area contributed by atoms with Gasteiger partial charge in [0, 0.05) is 62.4 Å². The number of carbonyl (C=O) groups excluding carboxylic acids is 1. The number of rotatable bonds is 4. The van der Waals surface area contributed by atoms with Gasteiger partial charge in [-0.25, -0.2) is 0 Å². The van der Waals surface area contributed by atoms with E-state index in [1.165, 1.54) is 0 Å². The third-order valence-electron chi connectivity index (χ3n) is 4.34. The highest BCUT2D eigenvalue weighted by Gasteiger charge is 2.21. The molecule has 0 unspecified atom stereocenters. The van der Waals surface area contributed by atoms with Crippen molar-refractivity contribution >= 4 is 29.2 Å². The first-order valence-electron chi connectivity index (χ1n) is 9.05. The summed E-state index contributed by atoms with van der Waals surface area (Å²) in [6.45, 7) is 10.6. The molecule has 26 heavy (non-hydrogen) atoms. The molecule has 1 aliphatic heterocycles. The van der Waals surface area contributed by atoms with Crippen molar-refractivity contribution in [3.05, 3.63) is 29.3 Å². The number of hydrogen-bond donors (Lipinski definition) is 2. The lowest BCUT2D eigenvalue weighted by Crippen LogP contribution is -2.53. The van der Waals surface area contributed by atoms with E-state index in [1.807, 2.05) is 39.0 Å². The zero-order valence-corrected chi connectivity index (χ0v) is 16.9. The highest BCUT2D eigenvalue weighted by molar-refractivity contribution is 6.30. The summed E-state index contributed by atoms with van der Waals surface area (Å²) in [7, 11) is 1.79. The molecule has 7 heteroatoms. The van der Waals surface area contributed by atoms with Gasteiger partial charge in [-0.15, -0.1) is 0 Å². The number of anilines is 1. The van der Waals surface area contributed by atoms with Crippen molar-refractivity contribution in [2.45, 2.75) is 20.8 Å². The number of amides is 1. The Bertz CT molecular complexity index is 633. The van der Waals surface area contributed by atoms with Crippen molar-refractivity contribution in [1.29, 1.82) is 0 Å². The van der Waals surface area contributed by atoms with E-state index in [0.29, 0.717) is 13.1 Å². The maximum Gasteiger partial charge on any atom is 0.225 e. The SMILES string of the molecule is CN=C(NCCNC(=O)C(C)(C)C)N1CCN(c2cccc(Cl)c2)CC1. The Morgan fingerprint density at radius 3 is 2.38 bits per heavy atom. The van der Waals surface area contributed by atoms with E-state index in [2.05, 4.69) is 31.5 Å². The Balaban J connectivity index is 1.77. The summed E-state index contributed by atoms with van der Waals surface area (Å²) < 4.78 is 0. The molecule has 0 aromatic heterocycles. The van der Waals surface area contributed by atoms with Crippen molar-refractivity contribution in [1.82, 2.24) is 15.5 Å². The molecule has 0 spiro atoms. The summed E-state index contributed by atoms with van der Waals surface area (Å²) >= 11 is 6.09. The lowest BCUT2D eigenvalue weighted by molar-refractivity contribution is -0.128. The molecule has 2 rings (SSSR count). The normalized spacial score (nSPS) is 15.8. The van der Waals surface area contributed by atoms with Crippen LogP contribution in [0.5, 0.6) is 0 Å². The van der Waals surface area contributed by atoms with E-state index < -0.39 is 0 Å². The van der Waals surface area contributed by atoms with Crippen molar-refractivity contribution in [3.63, 3.8) is 0 Å². The summed E-state index contributed by atoms with van der Waals surface area (Å²) in [6.07, 6.45) is 0. The zero-order valence-electron chi connectivity index (χ0n) is 16.2. The Morgan fingerprint density at radius 2 is 1.81 bits per heavy atom. The fourth-order valence-corrected chi connectivity index (χ4v) is 2.98. The number of benzene rings is 1. The van der Waals surface area contributed by atoms with E-state index in [1.54, 1.807) is 7.05 Å². The Morgan fingerprint density at radius 1 is 1.15 bits per heavy atom. The molecule has 0 bridgehead atoms. The second kappa shape index (κ2) is 9.12. The Labute approximate surface area is 161 Å². The summed E-state index contributed by atoms with van der Waals surface area (Å²) in [6, 6.07) is 7.97. The molecular weight excluding hydrogens is 350 g/mol. The summed E-state index contributed by atoms with van der Waals surface area (Å²) in [5.74, 6) is 0.935. The largest absolute Gasteiger partial charge is 0.368 e. The molecule has 0 aliphatic carbocycles. The topological polar surface area (TPSA) is 60.0 Å². The van der Waals surface area contributed by atoms with E-state index in [4.69, 9.17) is 11.6 Å². The number of aliphatic imine (C=N–C) groups is 1. The van der Waals surface area contributed by atoms with E-state index >= 15 is 0 Å². The number of guanidine groups is 1. The molecular formula is C19H30ClN5O. The molecule has 1 aliphatic rings. The van der Waals surface area contributed by atoms with E-state index in [9.17, 15) is 4.79 Å². The molecule has 0 atom stereocenters. The summed E-state index contributed by atoms with van der Waals surface area (Å²) in [4.78, 5) is 20.8. The van der Waals surface area contributed by atoms with Crippen molar-refractivity contribution in [2.24, 2.45) is 10.4 Å². The first kappa shape index (κ1) is 20.4. The lowest BCUT2D eigenvalue weighted by atomic mass is 9.96. The maximum absolute atomic E-state index is 11.9. The first-order chi connectivity index (χ1) is 12.3. The third kappa shape index (κ3) is 5.80. The fraction of sp³-hybridized carbons (Fsp3) is 0.579. The number of nitrogens with one attached hydrogen (secondary N) is 2.